The third-order valence-corrected chi connectivity index (χ3v) is 4.84. The van der Waals surface area contributed by atoms with Crippen LogP contribution in [0.5, 0.6) is 0 Å². The number of aromatic nitrogens is 4. The summed E-state index contributed by atoms with van der Waals surface area (Å²) in [6.45, 7) is 0. The van der Waals surface area contributed by atoms with Crippen LogP contribution in [0.4, 0.5) is 5.69 Å². The van der Waals surface area contributed by atoms with E-state index in [2.05, 4.69) is 44.1 Å². The predicted octanol–water partition coefficient (Wildman–Crippen LogP) is 3.25. The van der Waals surface area contributed by atoms with Gasteiger partial charge in [0.25, 0.3) is 0 Å². The maximum absolute atomic E-state index is 4.04. The second kappa shape index (κ2) is 5.47. The molecule has 21 heavy (non-hydrogen) atoms. The molecule has 2 aromatic rings. The van der Waals surface area contributed by atoms with Crippen LogP contribution < -0.4 is 5.32 Å². The largest absolute Gasteiger partial charge is 0.382 e. The van der Waals surface area contributed by atoms with Crippen molar-refractivity contribution in [1.82, 2.24) is 20.6 Å². The van der Waals surface area contributed by atoms with E-state index in [4.69, 9.17) is 0 Å². The number of hydrogen-bond acceptors (Lipinski definition) is 4. The second-order valence-corrected chi connectivity index (χ2v) is 6.42. The summed E-state index contributed by atoms with van der Waals surface area (Å²) in [5.74, 6) is 2.63. The molecule has 2 unspecified atom stereocenters. The highest BCUT2D eigenvalue weighted by atomic mass is 15.5. The molecule has 0 amide bonds. The lowest BCUT2D eigenvalue weighted by Crippen LogP contribution is -2.28. The zero-order valence-corrected chi connectivity index (χ0v) is 12.1. The fourth-order valence-electron chi connectivity index (χ4n) is 3.62. The topological polar surface area (TPSA) is 66.5 Å². The number of hydrogen-bond donors (Lipinski definition) is 2. The van der Waals surface area contributed by atoms with Crippen molar-refractivity contribution in [3.05, 3.63) is 24.3 Å². The minimum atomic E-state index is 0.616. The summed E-state index contributed by atoms with van der Waals surface area (Å²) in [6, 6.07) is 8.93. The first-order valence-corrected chi connectivity index (χ1v) is 7.99. The van der Waals surface area contributed by atoms with E-state index in [-0.39, 0.29) is 0 Å². The van der Waals surface area contributed by atoms with Gasteiger partial charge in [0.05, 0.1) is 0 Å². The van der Waals surface area contributed by atoms with Crippen LogP contribution in [0.3, 0.4) is 0 Å². The molecule has 0 spiro atoms. The van der Waals surface area contributed by atoms with Crippen LogP contribution in [0.15, 0.2) is 24.3 Å². The highest BCUT2D eigenvalue weighted by Gasteiger charge is 2.34. The first kappa shape index (κ1) is 12.8. The number of tetrazole rings is 1. The SMILES string of the molecule is c1cc(NC2CCCC(C3CC3)C2)cc(-c2nn[nH]n2)c1. The standard InChI is InChI=1S/C16H21N5/c1-3-12(11-7-8-11)9-14(5-1)17-15-6-2-4-13(10-15)16-18-20-21-19-16/h2,4,6,10-12,14,17H,1,3,5,7-9H2,(H,18,19,20,21). The van der Waals surface area contributed by atoms with E-state index in [9.17, 15) is 0 Å². The fourth-order valence-corrected chi connectivity index (χ4v) is 3.62. The average molecular weight is 283 g/mol. The van der Waals surface area contributed by atoms with E-state index in [0.717, 1.165) is 17.4 Å². The summed E-state index contributed by atoms with van der Waals surface area (Å²) < 4.78 is 0. The van der Waals surface area contributed by atoms with Gasteiger partial charge in [-0.25, -0.2) is 0 Å². The van der Waals surface area contributed by atoms with Gasteiger partial charge in [-0.15, -0.1) is 10.2 Å². The molecule has 5 nitrogen and oxygen atoms in total. The Hall–Kier alpha value is -1.91. The number of benzene rings is 1. The second-order valence-electron chi connectivity index (χ2n) is 6.42. The monoisotopic (exact) mass is 283 g/mol. The van der Waals surface area contributed by atoms with Gasteiger partial charge in [-0.1, -0.05) is 25.0 Å². The van der Waals surface area contributed by atoms with Crippen molar-refractivity contribution in [2.24, 2.45) is 11.8 Å². The van der Waals surface area contributed by atoms with Crippen molar-refractivity contribution in [3.63, 3.8) is 0 Å². The minimum absolute atomic E-state index is 0.616. The lowest BCUT2D eigenvalue weighted by atomic mass is 9.82. The first-order valence-electron chi connectivity index (χ1n) is 7.99. The summed E-state index contributed by atoms with van der Waals surface area (Å²) >= 11 is 0. The maximum Gasteiger partial charge on any atom is 0.204 e. The zero-order valence-electron chi connectivity index (χ0n) is 12.1. The van der Waals surface area contributed by atoms with Crippen molar-refractivity contribution < 1.29 is 0 Å². The molecule has 2 aliphatic rings. The summed E-state index contributed by atoms with van der Waals surface area (Å²) in [6.07, 6.45) is 8.34. The predicted molar refractivity (Wildman–Crippen MR) is 81.7 cm³/mol. The Labute approximate surface area is 124 Å². The Balaban J connectivity index is 1.45. The summed E-state index contributed by atoms with van der Waals surface area (Å²) in [4.78, 5) is 0. The molecule has 2 N–H and O–H groups in total. The summed E-state index contributed by atoms with van der Waals surface area (Å²) in [5, 5.41) is 17.9. The normalized spacial score (nSPS) is 25.7. The molecule has 1 aromatic carbocycles. The molecule has 0 saturated heterocycles. The number of H-pyrrole nitrogens is 1. The molecule has 0 bridgehead atoms. The van der Waals surface area contributed by atoms with Crippen LogP contribution in [0, 0.1) is 11.8 Å². The number of aromatic amines is 1. The highest BCUT2D eigenvalue weighted by Crippen LogP contribution is 2.44. The minimum Gasteiger partial charge on any atom is -0.382 e. The Morgan fingerprint density at radius 1 is 1.10 bits per heavy atom. The molecule has 5 heteroatoms. The van der Waals surface area contributed by atoms with E-state index >= 15 is 0 Å². The molecule has 2 atom stereocenters. The number of nitrogens with one attached hydrogen (secondary N) is 2. The molecular weight excluding hydrogens is 262 g/mol. The van der Waals surface area contributed by atoms with Crippen LogP contribution >= 0.6 is 0 Å². The Morgan fingerprint density at radius 3 is 2.86 bits per heavy atom. The van der Waals surface area contributed by atoms with Crippen molar-refractivity contribution in [3.8, 4) is 11.4 Å². The van der Waals surface area contributed by atoms with Gasteiger partial charge in [0.1, 0.15) is 0 Å². The van der Waals surface area contributed by atoms with Gasteiger partial charge >= 0.3 is 0 Å². The third kappa shape index (κ3) is 2.91. The summed E-state index contributed by atoms with van der Waals surface area (Å²) in [7, 11) is 0. The molecule has 2 aliphatic carbocycles. The van der Waals surface area contributed by atoms with E-state index in [1.165, 1.54) is 44.2 Å². The fraction of sp³-hybridized carbons (Fsp3) is 0.562. The first-order chi connectivity index (χ1) is 10.4. The zero-order chi connectivity index (χ0) is 14.1. The molecule has 1 heterocycles. The van der Waals surface area contributed by atoms with Crippen molar-refractivity contribution in [2.75, 3.05) is 5.32 Å². The lowest BCUT2D eigenvalue weighted by molar-refractivity contribution is 0.303. The molecular formula is C16H21N5. The quantitative estimate of drug-likeness (QED) is 0.904. The van der Waals surface area contributed by atoms with Gasteiger partial charge in [0.2, 0.25) is 5.82 Å². The van der Waals surface area contributed by atoms with Gasteiger partial charge in [-0.05, 0) is 54.9 Å². The van der Waals surface area contributed by atoms with Gasteiger partial charge in [-0.3, -0.25) is 0 Å². The van der Waals surface area contributed by atoms with Crippen LogP contribution in [-0.4, -0.2) is 26.7 Å². The maximum atomic E-state index is 4.04. The molecule has 110 valence electrons. The molecule has 4 rings (SSSR count). The third-order valence-electron chi connectivity index (χ3n) is 4.84. The van der Waals surface area contributed by atoms with E-state index in [1.54, 1.807) is 0 Å². The number of nitrogens with zero attached hydrogens (tertiary/aromatic N) is 3. The van der Waals surface area contributed by atoms with Crippen LogP contribution in [0.25, 0.3) is 11.4 Å². The number of anilines is 1. The molecule has 2 fully saturated rings. The Morgan fingerprint density at radius 2 is 2.05 bits per heavy atom. The van der Waals surface area contributed by atoms with Gasteiger partial charge in [-0.2, -0.15) is 5.21 Å². The molecule has 2 saturated carbocycles. The Kier molecular flexibility index (Phi) is 3.33. The highest BCUT2D eigenvalue weighted by molar-refractivity contribution is 5.61. The average Bonchev–Trinajstić information content (AvgIpc) is 3.23. The molecule has 0 radical (unpaired) electrons. The van der Waals surface area contributed by atoms with Crippen LogP contribution in [0.1, 0.15) is 38.5 Å². The smallest absolute Gasteiger partial charge is 0.204 e. The van der Waals surface area contributed by atoms with E-state index in [0.29, 0.717) is 11.9 Å². The summed E-state index contributed by atoms with van der Waals surface area (Å²) in [5.41, 5.74) is 2.17. The molecule has 1 aromatic heterocycles. The van der Waals surface area contributed by atoms with Crippen molar-refractivity contribution in [1.29, 1.82) is 0 Å². The van der Waals surface area contributed by atoms with Crippen molar-refractivity contribution >= 4 is 5.69 Å². The van der Waals surface area contributed by atoms with E-state index < -0.39 is 0 Å². The van der Waals surface area contributed by atoms with Gasteiger partial charge < -0.3 is 5.32 Å². The van der Waals surface area contributed by atoms with Crippen LogP contribution in [0.2, 0.25) is 0 Å². The number of rotatable bonds is 4. The van der Waals surface area contributed by atoms with Gasteiger partial charge in [0, 0.05) is 17.3 Å². The Bertz CT molecular complexity index is 590. The van der Waals surface area contributed by atoms with Crippen LogP contribution in [-0.2, 0) is 0 Å². The lowest BCUT2D eigenvalue weighted by Gasteiger charge is -2.30. The molecule has 0 aliphatic heterocycles. The van der Waals surface area contributed by atoms with Gasteiger partial charge in [0.15, 0.2) is 0 Å². The van der Waals surface area contributed by atoms with E-state index in [1.807, 2.05) is 6.07 Å². The van der Waals surface area contributed by atoms with Crippen molar-refractivity contribution in [2.45, 2.75) is 44.6 Å².